The lowest BCUT2D eigenvalue weighted by Crippen LogP contribution is -2.40. The van der Waals surface area contributed by atoms with Crippen molar-refractivity contribution in [2.75, 3.05) is 13.1 Å². The average molecular weight is 430 g/mol. The Balaban J connectivity index is 1.71. The molecule has 164 valence electrons. The first kappa shape index (κ1) is 21.5. The van der Waals surface area contributed by atoms with E-state index in [1.54, 1.807) is 0 Å². The van der Waals surface area contributed by atoms with Gasteiger partial charge in [0.25, 0.3) is 0 Å². The summed E-state index contributed by atoms with van der Waals surface area (Å²) >= 11 is 0. The fourth-order valence-corrected chi connectivity index (χ4v) is 4.24. The van der Waals surface area contributed by atoms with Crippen molar-refractivity contribution in [3.05, 3.63) is 65.6 Å². The van der Waals surface area contributed by atoms with Gasteiger partial charge >= 0.3 is 6.18 Å². The number of Topliss-reactive ketones (excluding diaryl/α,β-unsaturated/α-hetero) is 1. The van der Waals surface area contributed by atoms with E-state index < -0.39 is 17.2 Å². The van der Waals surface area contributed by atoms with Gasteiger partial charge in [0.05, 0.1) is 5.56 Å². The fourth-order valence-electron chi connectivity index (χ4n) is 4.24. The summed E-state index contributed by atoms with van der Waals surface area (Å²) in [6.07, 6.45) is -1.23. The smallest absolute Gasteiger partial charge is 0.317 e. The summed E-state index contributed by atoms with van der Waals surface area (Å²) in [7, 11) is 0. The summed E-state index contributed by atoms with van der Waals surface area (Å²) in [6.45, 7) is 3.56. The van der Waals surface area contributed by atoms with Gasteiger partial charge in [-0.3, -0.25) is 9.20 Å². The van der Waals surface area contributed by atoms with Crippen LogP contribution in [-0.2, 0) is 17.4 Å². The molecule has 0 amide bonds. The highest BCUT2D eigenvalue weighted by Crippen LogP contribution is 2.35. The normalized spacial score (nSPS) is 17.5. The van der Waals surface area contributed by atoms with Gasteiger partial charge in [-0.2, -0.15) is 13.2 Å². The number of halogens is 3. The Morgan fingerprint density at radius 2 is 1.84 bits per heavy atom. The molecule has 31 heavy (non-hydrogen) atoms. The largest absolute Gasteiger partial charge is 0.417 e. The molecule has 0 radical (unpaired) electrons. The number of pyridine rings is 1. The van der Waals surface area contributed by atoms with E-state index in [2.05, 4.69) is 15.5 Å². The first-order chi connectivity index (χ1) is 14.8. The number of piperidine rings is 1. The Morgan fingerprint density at radius 3 is 2.52 bits per heavy atom. The second-order valence-corrected chi connectivity index (χ2v) is 8.53. The SMILES string of the molecule is CC1(C(=O)C[C@H](Cc2ccccc2)c2nnc3ccc(C(F)(F)F)cn23)CCNCC1. The van der Waals surface area contributed by atoms with Crippen LogP contribution in [0.25, 0.3) is 5.65 Å². The first-order valence-corrected chi connectivity index (χ1v) is 10.5. The Labute approximate surface area is 178 Å². The molecule has 1 saturated heterocycles. The second-order valence-electron chi connectivity index (χ2n) is 8.53. The number of nitrogens with one attached hydrogen (secondary N) is 1. The van der Waals surface area contributed by atoms with E-state index >= 15 is 0 Å². The number of alkyl halides is 3. The minimum Gasteiger partial charge on any atom is -0.317 e. The lowest BCUT2D eigenvalue weighted by molar-refractivity contribution is -0.138. The van der Waals surface area contributed by atoms with Crippen molar-refractivity contribution in [3.63, 3.8) is 0 Å². The van der Waals surface area contributed by atoms with Crippen LogP contribution in [0.1, 0.15) is 49.1 Å². The molecule has 0 unspecified atom stereocenters. The number of hydrogen-bond donors (Lipinski definition) is 1. The number of hydrogen-bond acceptors (Lipinski definition) is 4. The molecule has 5 nitrogen and oxygen atoms in total. The maximum Gasteiger partial charge on any atom is 0.417 e. The minimum absolute atomic E-state index is 0.124. The molecular weight excluding hydrogens is 405 g/mol. The van der Waals surface area contributed by atoms with E-state index in [4.69, 9.17) is 0 Å². The van der Waals surface area contributed by atoms with Gasteiger partial charge in [0.1, 0.15) is 11.6 Å². The van der Waals surface area contributed by atoms with Crippen molar-refractivity contribution in [2.24, 2.45) is 5.41 Å². The van der Waals surface area contributed by atoms with Gasteiger partial charge < -0.3 is 5.32 Å². The van der Waals surface area contributed by atoms with E-state index in [-0.39, 0.29) is 18.1 Å². The van der Waals surface area contributed by atoms with Crippen molar-refractivity contribution in [1.82, 2.24) is 19.9 Å². The third kappa shape index (κ3) is 4.63. The highest BCUT2D eigenvalue weighted by molar-refractivity contribution is 5.85. The molecule has 1 aromatic carbocycles. The molecule has 0 spiro atoms. The lowest BCUT2D eigenvalue weighted by atomic mass is 9.74. The number of aromatic nitrogens is 3. The summed E-state index contributed by atoms with van der Waals surface area (Å²) in [4.78, 5) is 13.3. The quantitative estimate of drug-likeness (QED) is 0.629. The Bertz CT molecular complexity index is 1060. The molecular formula is C23H25F3N4O. The highest BCUT2D eigenvalue weighted by atomic mass is 19.4. The zero-order valence-corrected chi connectivity index (χ0v) is 17.3. The third-order valence-corrected chi connectivity index (χ3v) is 6.26. The van der Waals surface area contributed by atoms with Gasteiger partial charge in [0.15, 0.2) is 5.65 Å². The number of benzene rings is 1. The number of carbonyl (C=O) groups excluding carboxylic acids is 1. The standard InChI is InChI=1S/C23H25F3N4O/c1-22(9-11-27-12-10-22)19(31)14-17(13-16-5-3-2-4-6-16)21-29-28-20-8-7-18(15-30(20)21)23(24,25)26/h2-8,15,17,27H,9-14H2,1H3/t17-/m0/s1. The van der Waals surface area contributed by atoms with Crippen molar-refractivity contribution in [1.29, 1.82) is 0 Å². The Kier molecular flexibility index (Phi) is 5.83. The van der Waals surface area contributed by atoms with Crippen LogP contribution in [0, 0.1) is 5.41 Å². The maximum atomic E-state index is 13.3. The van der Waals surface area contributed by atoms with E-state index in [9.17, 15) is 18.0 Å². The molecule has 1 atom stereocenters. The van der Waals surface area contributed by atoms with Crippen LogP contribution in [0.4, 0.5) is 13.2 Å². The molecule has 8 heteroatoms. The van der Waals surface area contributed by atoms with Crippen LogP contribution < -0.4 is 5.32 Å². The zero-order chi connectivity index (χ0) is 22.1. The van der Waals surface area contributed by atoms with Crippen molar-refractivity contribution >= 4 is 11.4 Å². The third-order valence-electron chi connectivity index (χ3n) is 6.26. The molecule has 3 heterocycles. The van der Waals surface area contributed by atoms with Gasteiger partial charge in [0.2, 0.25) is 0 Å². The zero-order valence-electron chi connectivity index (χ0n) is 17.3. The van der Waals surface area contributed by atoms with Crippen LogP contribution in [0.15, 0.2) is 48.7 Å². The van der Waals surface area contributed by atoms with Crippen LogP contribution >= 0.6 is 0 Å². The number of carbonyl (C=O) groups is 1. The highest BCUT2D eigenvalue weighted by Gasteiger charge is 2.37. The van der Waals surface area contributed by atoms with Gasteiger partial charge in [-0.05, 0) is 50.0 Å². The summed E-state index contributed by atoms with van der Waals surface area (Å²) < 4.78 is 41.3. The molecule has 4 rings (SSSR count). The van der Waals surface area contributed by atoms with Gasteiger partial charge in [-0.25, -0.2) is 0 Å². The Morgan fingerprint density at radius 1 is 1.13 bits per heavy atom. The molecule has 0 aliphatic carbocycles. The number of ketones is 1. The molecule has 1 fully saturated rings. The minimum atomic E-state index is -4.47. The average Bonchev–Trinajstić information content (AvgIpc) is 3.17. The van der Waals surface area contributed by atoms with E-state index in [0.29, 0.717) is 17.9 Å². The predicted octanol–water partition coefficient (Wildman–Crippen LogP) is 4.42. The lowest BCUT2D eigenvalue weighted by Gasteiger charge is -2.33. The first-order valence-electron chi connectivity index (χ1n) is 10.5. The summed E-state index contributed by atoms with van der Waals surface area (Å²) in [5.74, 6) is 0.134. The molecule has 0 bridgehead atoms. The van der Waals surface area contributed by atoms with Crippen molar-refractivity contribution in [2.45, 2.75) is 44.7 Å². The van der Waals surface area contributed by atoms with Gasteiger partial charge in [-0.15, -0.1) is 10.2 Å². The van der Waals surface area contributed by atoms with Crippen molar-refractivity contribution in [3.8, 4) is 0 Å². The van der Waals surface area contributed by atoms with Crippen LogP contribution in [0.3, 0.4) is 0 Å². The van der Waals surface area contributed by atoms with Gasteiger partial charge in [-0.1, -0.05) is 37.3 Å². The number of nitrogens with zero attached hydrogens (tertiary/aromatic N) is 3. The predicted molar refractivity (Wildman–Crippen MR) is 111 cm³/mol. The summed E-state index contributed by atoms with van der Waals surface area (Å²) in [5, 5.41) is 11.6. The molecule has 1 N–H and O–H groups in total. The van der Waals surface area contributed by atoms with Crippen LogP contribution in [0.5, 0.6) is 0 Å². The monoisotopic (exact) mass is 430 g/mol. The van der Waals surface area contributed by atoms with E-state index in [0.717, 1.165) is 43.8 Å². The maximum absolute atomic E-state index is 13.3. The summed E-state index contributed by atoms with van der Waals surface area (Å²) in [6, 6.07) is 11.9. The van der Waals surface area contributed by atoms with Crippen LogP contribution in [-0.4, -0.2) is 33.5 Å². The molecule has 2 aromatic heterocycles. The second kappa shape index (κ2) is 8.42. The van der Waals surface area contributed by atoms with Crippen LogP contribution in [0.2, 0.25) is 0 Å². The van der Waals surface area contributed by atoms with Gasteiger partial charge in [0, 0.05) is 24.0 Å². The fraction of sp³-hybridized carbons (Fsp3) is 0.435. The van der Waals surface area contributed by atoms with E-state index in [1.807, 2.05) is 37.3 Å². The van der Waals surface area contributed by atoms with E-state index in [1.165, 1.54) is 10.5 Å². The molecule has 1 aliphatic rings. The molecule has 1 aliphatic heterocycles. The van der Waals surface area contributed by atoms with Crippen molar-refractivity contribution < 1.29 is 18.0 Å². The topological polar surface area (TPSA) is 59.3 Å². The molecule has 0 saturated carbocycles. The number of fused-ring (bicyclic) bond motifs is 1. The number of rotatable bonds is 6. The molecule has 3 aromatic rings. The summed E-state index contributed by atoms with van der Waals surface area (Å²) in [5.41, 5.74) is 0.134. The Hall–Kier alpha value is -2.74.